The quantitative estimate of drug-likeness (QED) is 0.868. The van der Waals surface area contributed by atoms with E-state index in [1.165, 1.54) is 0 Å². The first-order valence-corrected chi connectivity index (χ1v) is 6.87. The number of carboxylic acids is 1. The normalized spacial score (nSPS) is 16.8. The van der Waals surface area contributed by atoms with Crippen LogP contribution in [0.3, 0.4) is 0 Å². The first-order chi connectivity index (χ1) is 9.83. The van der Waals surface area contributed by atoms with Gasteiger partial charge in [0.05, 0.1) is 16.6 Å². The molecule has 0 bridgehead atoms. The molecule has 0 radical (unpaired) electrons. The minimum Gasteiger partial charge on any atom is -0.478 e. The fraction of sp³-hybridized carbons (Fsp3) is 0.375. The van der Waals surface area contributed by atoms with Crippen LogP contribution in [0.4, 0.5) is 8.78 Å². The van der Waals surface area contributed by atoms with Crippen LogP contribution in [-0.2, 0) is 11.8 Å². The number of halogens is 2. The van der Waals surface area contributed by atoms with E-state index in [1.54, 1.807) is 0 Å². The van der Waals surface area contributed by atoms with Crippen molar-refractivity contribution in [2.75, 3.05) is 0 Å². The summed E-state index contributed by atoms with van der Waals surface area (Å²) in [6.45, 7) is 3.90. The van der Waals surface area contributed by atoms with Crippen LogP contribution >= 0.6 is 0 Å². The SMILES string of the molecule is CC1(C)CCCc2c1nc1c(F)ccc(F)c1c2C(=O)O. The molecule has 0 spiro atoms. The van der Waals surface area contributed by atoms with Gasteiger partial charge in [0.1, 0.15) is 17.2 Å². The van der Waals surface area contributed by atoms with E-state index in [1.807, 2.05) is 13.8 Å². The number of rotatable bonds is 1. The predicted molar refractivity (Wildman–Crippen MR) is 74.6 cm³/mol. The van der Waals surface area contributed by atoms with Crippen molar-refractivity contribution in [2.24, 2.45) is 0 Å². The molecule has 3 rings (SSSR count). The number of aromatic nitrogens is 1. The van der Waals surface area contributed by atoms with Gasteiger partial charge < -0.3 is 5.11 Å². The van der Waals surface area contributed by atoms with Crippen LogP contribution in [0.2, 0.25) is 0 Å². The summed E-state index contributed by atoms with van der Waals surface area (Å²) in [7, 11) is 0. The van der Waals surface area contributed by atoms with Crippen molar-refractivity contribution < 1.29 is 18.7 Å². The monoisotopic (exact) mass is 291 g/mol. The van der Waals surface area contributed by atoms with Crippen LogP contribution in [0.25, 0.3) is 10.9 Å². The zero-order chi connectivity index (χ0) is 15.4. The zero-order valence-electron chi connectivity index (χ0n) is 11.8. The Morgan fingerprint density at radius 1 is 1.29 bits per heavy atom. The van der Waals surface area contributed by atoms with Crippen LogP contribution in [0, 0.1) is 11.6 Å². The van der Waals surface area contributed by atoms with Gasteiger partial charge in [-0.05, 0) is 37.0 Å². The average Bonchev–Trinajstić information content (AvgIpc) is 2.41. The summed E-state index contributed by atoms with van der Waals surface area (Å²) < 4.78 is 28.1. The van der Waals surface area contributed by atoms with Crippen molar-refractivity contribution >= 4 is 16.9 Å². The Kier molecular flexibility index (Phi) is 2.97. The van der Waals surface area contributed by atoms with E-state index in [2.05, 4.69) is 4.98 Å². The van der Waals surface area contributed by atoms with E-state index < -0.39 is 17.6 Å². The summed E-state index contributed by atoms with van der Waals surface area (Å²) in [5.74, 6) is -2.68. The highest BCUT2D eigenvalue weighted by molar-refractivity contribution is 6.04. The molecule has 21 heavy (non-hydrogen) atoms. The predicted octanol–water partition coefficient (Wildman–Crippen LogP) is 3.83. The standard InChI is InChI=1S/C16H15F2NO2/c1-16(2)7-3-4-8-11(15(20)21)12-9(17)5-6-10(18)13(12)19-14(8)16/h5-6H,3-4,7H2,1-2H3,(H,20,21). The van der Waals surface area contributed by atoms with Crippen LogP contribution in [0.5, 0.6) is 0 Å². The number of fused-ring (bicyclic) bond motifs is 2. The average molecular weight is 291 g/mol. The molecule has 110 valence electrons. The maximum absolute atomic E-state index is 14.1. The van der Waals surface area contributed by atoms with Gasteiger partial charge in [-0.1, -0.05) is 13.8 Å². The summed E-state index contributed by atoms with van der Waals surface area (Å²) in [6.07, 6.45) is 2.18. The van der Waals surface area contributed by atoms with E-state index in [0.29, 0.717) is 17.7 Å². The van der Waals surface area contributed by atoms with E-state index in [0.717, 1.165) is 25.0 Å². The molecule has 0 amide bonds. The molecule has 0 saturated carbocycles. The second kappa shape index (κ2) is 4.48. The third-order valence-corrected chi connectivity index (χ3v) is 4.22. The number of benzene rings is 1. The zero-order valence-corrected chi connectivity index (χ0v) is 11.8. The number of pyridine rings is 1. The van der Waals surface area contributed by atoms with E-state index in [-0.39, 0.29) is 21.9 Å². The van der Waals surface area contributed by atoms with Crippen LogP contribution in [0.15, 0.2) is 12.1 Å². The number of nitrogens with zero attached hydrogens (tertiary/aromatic N) is 1. The summed E-state index contributed by atoms with van der Waals surface area (Å²) in [5.41, 5.74) is 0.435. The maximum Gasteiger partial charge on any atom is 0.336 e. The molecule has 0 unspecified atom stereocenters. The smallest absolute Gasteiger partial charge is 0.336 e. The van der Waals surface area contributed by atoms with Gasteiger partial charge in [0, 0.05) is 5.41 Å². The van der Waals surface area contributed by atoms with Crippen molar-refractivity contribution in [1.29, 1.82) is 0 Å². The van der Waals surface area contributed by atoms with Crippen molar-refractivity contribution in [3.63, 3.8) is 0 Å². The summed E-state index contributed by atoms with van der Waals surface area (Å²) in [5, 5.41) is 9.28. The Hall–Kier alpha value is -2.04. The second-order valence-corrected chi connectivity index (χ2v) is 6.11. The number of hydrogen-bond acceptors (Lipinski definition) is 2. The molecule has 1 aromatic heterocycles. The maximum atomic E-state index is 14.1. The van der Waals surface area contributed by atoms with Gasteiger partial charge in [-0.25, -0.2) is 18.6 Å². The molecule has 5 heteroatoms. The van der Waals surface area contributed by atoms with E-state index in [9.17, 15) is 18.7 Å². The van der Waals surface area contributed by atoms with E-state index in [4.69, 9.17) is 0 Å². The first-order valence-electron chi connectivity index (χ1n) is 6.87. The molecule has 0 atom stereocenters. The Bertz CT molecular complexity index is 769. The Labute approximate surface area is 120 Å². The van der Waals surface area contributed by atoms with Crippen molar-refractivity contribution in [1.82, 2.24) is 4.98 Å². The highest BCUT2D eigenvalue weighted by Gasteiger charge is 2.34. The number of carboxylic acid groups (broad SMARTS) is 1. The lowest BCUT2D eigenvalue weighted by atomic mass is 9.74. The molecule has 3 nitrogen and oxygen atoms in total. The van der Waals surface area contributed by atoms with Crippen LogP contribution in [-0.4, -0.2) is 16.1 Å². The molecular weight excluding hydrogens is 276 g/mol. The highest BCUT2D eigenvalue weighted by atomic mass is 19.1. The third-order valence-electron chi connectivity index (χ3n) is 4.22. The Morgan fingerprint density at radius 2 is 1.95 bits per heavy atom. The van der Waals surface area contributed by atoms with Crippen molar-refractivity contribution in [3.05, 3.63) is 40.6 Å². The molecule has 0 fully saturated rings. The van der Waals surface area contributed by atoms with Gasteiger partial charge in [-0.2, -0.15) is 0 Å². The van der Waals surface area contributed by atoms with Gasteiger partial charge in [0.2, 0.25) is 0 Å². The lowest BCUT2D eigenvalue weighted by Crippen LogP contribution is -2.28. The van der Waals surface area contributed by atoms with Crippen LogP contribution < -0.4 is 0 Å². The van der Waals surface area contributed by atoms with Crippen molar-refractivity contribution in [2.45, 2.75) is 38.5 Å². The lowest BCUT2D eigenvalue weighted by Gasteiger charge is -2.32. The van der Waals surface area contributed by atoms with Gasteiger partial charge in [0.15, 0.2) is 0 Å². The Balaban J connectivity index is 2.53. The second-order valence-electron chi connectivity index (χ2n) is 6.11. The number of hydrogen-bond donors (Lipinski definition) is 1. The summed E-state index contributed by atoms with van der Waals surface area (Å²) in [4.78, 5) is 15.9. The summed E-state index contributed by atoms with van der Waals surface area (Å²) in [6, 6.07) is 1.94. The molecule has 1 aliphatic carbocycles. The topological polar surface area (TPSA) is 50.2 Å². The van der Waals surface area contributed by atoms with Gasteiger partial charge >= 0.3 is 5.97 Å². The molecule has 2 aromatic rings. The fourth-order valence-electron chi connectivity index (χ4n) is 3.20. The third kappa shape index (κ3) is 1.99. The fourth-order valence-corrected chi connectivity index (χ4v) is 3.20. The molecule has 1 N–H and O–H groups in total. The molecule has 1 heterocycles. The van der Waals surface area contributed by atoms with Crippen LogP contribution in [0.1, 0.15) is 48.3 Å². The molecule has 1 aromatic carbocycles. The Morgan fingerprint density at radius 3 is 2.62 bits per heavy atom. The molecule has 1 aliphatic rings. The minimum atomic E-state index is -1.24. The minimum absolute atomic E-state index is 0.139. The molecular formula is C16H15F2NO2. The number of aromatic carboxylic acids is 1. The van der Waals surface area contributed by atoms with Gasteiger partial charge in [0.25, 0.3) is 0 Å². The van der Waals surface area contributed by atoms with Gasteiger partial charge in [-0.3, -0.25) is 0 Å². The highest BCUT2D eigenvalue weighted by Crippen LogP contribution is 2.40. The molecule has 0 aliphatic heterocycles. The number of carbonyl (C=O) groups is 1. The molecule has 0 saturated heterocycles. The van der Waals surface area contributed by atoms with E-state index >= 15 is 0 Å². The van der Waals surface area contributed by atoms with Crippen molar-refractivity contribution in [3.8, 4) is 0 Å². The summed E-state index contributed by atoms with van der Waals surface area (Å²) >= 11 is 0. The first kappa shape index (κ1) is 13.9. The lowest BCUT2D eigenvalue weighted by molar-refractivity contribution is 0.0697. The largest absolute Gasteiger partial charge is 0.478 e. The van der Waals surface area contributed by atoms with Gasteiger partial charge in [-0.15, -0.1) is 0 Å².